The van der Waals surface area contributed by atoms with E-state index in [9.17, 15) is 0 Å². The van der Waals surface area contributed by atoms with Crippen molar-refractivity contribution in [1.29, 1.82) is 0 Å². The van der Waals surface area contributed by atoms with E-state index in [4.69, 9.17) is 8.83 Å². The fourth-order valence-electron chi connectivity index (χ4n) is 8.99. The van der Waals surface area contributed by atoms with Crippen LogP contribution in [0.5, 0.6) is 0 Å². The van der Waals surface area contributed by atoms with Crippen LogP contribution in [0, 0.1) is 30.6 Å². The van der Waals surface area contributed by atoms with Crippen molar-refractivity contribution >= 4 is 76.8 Å². The highest BCUT2D eigenvalue weighted by Gasteiger charge is 2.24. The number of piperidine rings is 2. The molecule has 0 saturated carbocycles. The number of anilines is 2. The van der Waals surface area contributed by atoms with Gasteiger partial charge >= 0.3 is 0 Å². The lowest BCUT2D eigenvalue weighted by molar-refractivity contribution is 0.357. The minimum absolute atomic E-state index is 0.724. The molecule has 0 aliphatic carbocycles. The third-order valence-corrected chi connectivity index (χ3v) is 10.8. The fraction of sp³-hybridized carbons (Fsp3) is 0.366. The smallest absolute Gasteiger partial charge is 0.139 e. The molecule has 0 N–H and O–H groups in total. The van der Waals surface area contributed by atoms with Gasteiger partial charge in [-0.1, -0.05) is 39.8 Å². The quantitative estimate of drug-likeness (QED) is 0.199. The van der Waals surface area contributed by atoms with Gasteiger partial charge in [0.1, 0.15) is 22.3 Å². The number of furan rings is 2. The van der Waals surface area contributed by atoms with Crippen LogP contribution in [0.1, 0.15) is 46.1 Å². The molecular weight excluding hydrogens is 552 g/mol. The van der Waals surface area contributed by atoms with Gasteiger partial charge in [-0.3, -0.25) is 0 Å². The summed E-state index contributed by atoms with van der Waals surface area (Å²) in [5.41, 5.74) is 7.54. The van der Waals surface area contributed by atoms with Crippen molar-refractivity contribution in [1.82, 2.24) is 0 Å². The molecule has 228 valence electrons. The number of nitrogens with zero attached hydrogens (tertiary/aromatic N) is 2. The van der Waals surface area contributed by atoms with Crippen LogP contribution in [-0.4, -0.2) is 26.2 Å². The first-order chi connectivity index (χ1) is 21.8. The normalized spacial score (nSPS) is 23.0. The van der Waals surface area contributed by atoms with E-state index in [1.165, 1.54) is 45.8 Å². The van der Waals surface area contributed by atoms with E-state index in [1.807, 2.05) is 0 Å². The summed E-state index contributed by atoms with van der Waals surface area (Å²) < 4.78 is 13.3. The number of hydrogen-bond acceptors (Lipinski definition) is 4. The Balaban J connectivity index is 1.15. The standard InChI is InChI=1S/C41H42N2O2/c1-23-10-24(2)20-42(19-23)32-8-6-28-14-34-35-18-39-40(27(5)41(35)45-37(34)16-30(28)12-32)36-15-29-7-9-33(13-31(29)17-38(36)44-39)43-21-25(3)11-26(4)22-43/h6-9,12-18,23-26H,10-11,19-22H2,1-5H3. The highest BCUT2D eigenvalue weighted by molar-refractivity contribution is 6.20. The van der Waals surface area contributed by atoms with Crippen LogP contribution in [0.25, 0.3) is 65.4 Å². The summed E-state index contributed by atoms with van der Waals surface area (Å²) in [4.78, 5) is 5.12. The van der Waals surface area contributed by atoms with E-state index in [1.54, 1.807) is 0 Å². The molecule has 2 aliphatic rings. The first kappa shape index (κ1) is 27.2. The molecule has 4 heterocycles. The fourth-order valence-corrected chi connectivity index (χ4v) is 8.99. The molecule has 4 atom stereocenters. The van der Waals surface area contributed by atoms with Gasteiger partial charge in [-0.05, 0) is 120 Å². The predicted octanol–water partition coefficient (Wildman–Crippen LogP) is 11.1. The van der Waals surface area contributed by atoms with E-state index in [2.05, 4.69) is 111 Å². The second-order valence-corrected chi connectivity index (χ2v) is 14.9. The monoisotopic (exact) mass is 594 g/mol. The highest BCUT2D eigenvalue weighted by Crippen LogP contribution is 2.42. The molecule has 45 heavy (non-hydrogen) atoms. The molecule has 7 aromatic rings. The zero-order chi connectivity index (χ0) is 30.6. The minimum atomic E-state index is 0.724. The summed E-state index contributed by atoms with van der Waals surface area (Å²) in [6.07, 6.45) is 2.63. The molecule has 0 amide bonds. The van der Waals surface area contributed by atoms with Gasteiger partial charge in [0.05, 0.1) is 0 Å². The van der Waals surface area contributed by atoms with Crippen molar-refractivity contribution in [2.24, 2.45) is 23.7 Å². The average molecular weight is 595 g/mol. The van der Waals surface area contributed by atoms with Gasteiger partial charge in [-0.15, -0.1) is 0 Å². The van der Waals surface area contributed by atoms with Gasteiger partial charge in [0.15, 0.2) is 0 Å². The first-order valence-corrected chi connectivity index (χ1v) is 17.0. The first-order valence-electron chi connectivity index (χ1n) is 17.0. The van der Waals surface area contributed by atoms with Gasteiger partial charge in [0.25, 0.3) is 0 Å². The Labute approximate surface area is 264 Å². The zero-order valence-corrected chi connectivity index (χ0v) is 27.1. The molecule has 2 saturated heterocycles. The van der Waals surface area contributed by atoms with Crippen molar-refractivity contribution in [2.45, 2.75) is 47.5 Å². The van der Waals surface area contributed by atoms with Crippen molar-refractivity contribution < 1.29 is 8.83 Å². The molecule has 2 aliphatic heterocycles. The van der Waals surface area contributed by atoms with E-state index in [0.717, 1.165) is 99.3 Å². The summed E-state index contributed by atoms with van der Waals surface area (Å²) in [6, 6.07) is 25.1. The minimum Gasteiger partial charge on any atom is -0.456 e. The number of fused-ring (bicyclic) bond motifs is 8. The second kappa shape index (κ2) is 9.91. The molecule has 4 unspecified atom stereocenters. The molecule has 2 aromatic heterocycles. The number of rotatable bonds is 2. The Bertz CT molecular complexity index is 2230. The maximum absolute atomic E-state index is 6.66. The lowest BCUT2D eigenvalue weighted by Crippen LogP contribution is -2.38. The van der Waals surface area contributed by atoms with Crippen LogP contribution in [0.15, 0.2) is 75.6 Å². The largest absolute Gasteiger partial charge is 0.456 e. The van der Waals surface area contributed by atoms with Crippen molar-refractivity contribution in [3.63, 3.8) is 0 Å². The van der Waals surface area contributed by atoms with Gasteiger partial charge in [-0.25, -0.2) is 0 Å². The van der Waals surface area contributed by atoms with E-state index >= 15 is 0 Å². The molecule has 0 spiro atoms. The number of benzene rings is 5. The predicted molar refractivity (Wildman–Crippen MR) is 191 cm³/mol. The molecule has 4 nitrogen and oxygen atoms in total. The van der Waals surface area contributed by atoms with E-state index < -0.39 is 0 Å². The number of hydrogen-bond donors (Lipinski definition) is 0. The maximum Gasteiger partial charge on any atom is 0.139 e. The summed E-state index contributed by atoms with van der Waals surface area (Å²) in [5.74, 6) is 2.90. The molecule has 4 heteroatoms. The third-order valence-electron chi connectivity index (χ3n) is 10.8. The molecule has 2 fully saturated rings. The lowest BCUT2D eigenvalue weighted by Gasteiger charge is -2.36. The Kier molecular flexibility index (Phi) is 5.98. The lowest BCUT2D eigenvalue weighted by atomic mass is 9.91. The van der Waals surface area contributed by atoms with Crippen molar-refractivity contribution in [2.75, 3.05) is 36.0 Å². The Hall–Kier alpha value is -4.18. The molecule has 0 radical (unpaired) electrons. The van der Waals surface area contributed by atoms with Gasteiger partial charge in [-0.2, -0.15) is 0 Å². The molecular formula is C41H42N2O2. The molecule has 5 aromatic carbocycles. The SMILES string of the molecule is Cc1c2oc3cc4cc(N5CC(C)CC(C)C5)ccc4cc3c2cc2oc3cc4cc(N5CC(C)CC(C)C5)ccc4cc3c12. The third kappa shape index (κ3) is 4.40. The molecule has 9 rings (SSSR count). The summed E-state index contributed by atoms with van der Waals surface area (Å²) in [6.45, 7) is 16.2. The summed E-state index contributed by atoms with van der Waals surface area (Å²) in [5, 5.41) is 9.54. The maximum atomic E-state index is 6.66. The second-order valence-electron chi connectivity index (χ2n) is 14.9. The van der Waals surface area contributed by atoms with Crippen LogP contribution in [-0.2, 0) is 0 Å². The van der Waals surface area contributed by atoms with Gasteiger partial charge in [0.2, 0.25) is 0 Å². The Morgan fingerprint density at radius 1 is 0.511 bits per heavy atom. The highest BCUT2D eigenvalue weighted by atomic mass is 16.3. The summed E-state index contributed by atoms with van der Waals surface area (Å²) >= 11 is 0. The van der Waals surface area contributed by atoms with Crippen LogP contribution in [0.4, 0.5) is 11.4 Å². The number of aryl methyl sites for hydroxylation is 1. The van der Waals surface area contributed by atoms with Crippen molar-refractivity contribution in [3.05, 3.63) is 72.3 Å². The van der Waals surface area contributed by atoms with Crippen LogP contribution in [0.3, 0.4) is 0 Å². The van der Waals surface area contributed by atoms with Crippen LogP contribution in [0.2, 0.25) is 0 Å². The topological polar surface area (TPSA) is 32.8 Å². The zero-order valence-electron chi connectivity index (χ0n) is 27.1. The molecule has 0 bridgehead atoms. The van der Waals surface area contributed by atoms with Crippen LogP contribution < -0.4 is 9.80 Å². The van der Waals surface area contributed by atoms with E-state index in [-0.39, 0.29) is 0 Å². The Morgan fingerprint density at radius 3 is 1.58 bits per heavy atom. The Morgan fingerprint density at radius 2 is 1.02 bits per heavy atom. The van der Waals surface area contributed by atoms with Gasteiger partial charge < -0.3 is 18.6 Å². The van der Waals surface area contributed by atoms with E-state index in [0.29, 0.717) is 0 Å². The van der Waals surface area contributed by atoms with Crippen molar-refractivity contribution in [3.8, 4) is 0 Å². The van der Waals surface area contributed by atoms with Gasteiger partial charge in [0, 0.05) is 64.7 Å². The average Bonchev–Trinajstić information content (AvgIpc) is 3.54. The van der Waals surface area contributed by atoms with Crippen LogP contribution >= 0.6 is 0 Å². The summed E-state index contributed by atoms with van der Waals surface area (Å²) in [7, 11) is 0.